The summed E-state index contributed by atoms with van der Waals surface area (Å²) < 4.78 is 7.89. The van der Waals surface area contributed by atoms with Crippen molar-refractivity contribution in [3.8, 4) is 10.4 Å². The van der Waals surface area contributed by atoms with E-state index < -0.39 is 0 Å². The maximum absolute atomic E-state index is 12.8. The third kappa shape index (κ3) is 3.23. The Bertz CT molecular complexity index is 1340. The average Bonchev–Trinajstić information content (AvgIpc) is 3.56. The number of nitrogens with zero attached hydrogens (tertiary/aromatic N) is 4. The Morgan fingerprint density at radius 1 is 1.28 bits per heavy atom. The molecular formula is C23H25N5O3S. The summed E-state index contributed by atoms with van der Waals surface area (Å²) in [5.41, 5.74) is 3.65. The molecule has 2 aliphatic rings. The molecule has 2 saturated heterocycles. The van der Waals surface area contributed by atoms with Gasteiger partial charge in [0, 0.05) is 32.2 Å². The predicted molar refractivity (Wildman–Crippen MR) is 125 cm³/mol. The van der Waals surface area contributed by atoms with Crippen LogP contribution in [0.1, 0.15) is 25.3 Å². The Morgan fingerprint density at radius 2 is 2.22 bits per heavy atom. The molecule has 2 atom stereocenters. The van der Waals surface area contributed by atoms with Gasteiger partial charge in [0.25, 0.3) is 5.56 Å². The molecule has 8 nitrogen and oxygen atoms in total. The highest BCUT2D eigenvalue weighted by molar-refractivity contribution is 7.21. The van der Waals surface area contributed by atoms with E-state index in [0.29, 0.717) is 11.4 Å². The molecule has 5 heterocycles. The molecule has 6 rings (SSSR count). The smallest absolute Gasteiger partial charge is 0.261 e. The number of rotatable bonds is 4. The van der Waals surface area contributed by atoms with Gasteiger partial charge in [0.15, 0.2) is 0 Å². The van der Waals surface area contributed by atoms with E-state index in [1.165, 1.54) is 6.33 Å². The van der Waals surface area contributed by atoms with Crippen LogP contribution in [-0.2, 0) is 4.74 Å². The van der Waals surface area contributed by atoms with Crippen LogP contribution in [0.25, 0.3) is 32.4 Å². The van der Waals surface area contributed by atoms with Gasteiger partial charge in [-0.25, -0.2) is 9.97 Å². The number of aliphatic hydroxyl groups excluding tert-OH is 1. The summed E-state index contributed by atoms with van der Waals surface area (Å²) >= 11 is 1.60. The fourth-order valence-corrected chi connectivity index (χ4v) is 6.23. The van der Waals surface area contributed by atoms with Crippen molar-refractivity contribution in [3.05, 3.63) is 41.2 Å². The van der Waals surface area contributed by atoms with Gasteiger partial charge in [-0.15, -0.1) is 11.3 Å². The summed E-state index contributed by atoms with van der Waals surface area (Å²) in [5, 5.41) is 11.1. The molecule has 0 radical (unpaired) electrons. The molecule has 2 aliphatic heterocycles. The van der Waals surface area contributed by atoms with Gasteiger partial charge >= 0.3 is 0 Å². The second-order valence-electron chi connectivity index (χ2n) is 8.70. The van der Waals surface area contributed by atoms with E-state index in [1.807, 2.05) is 6.33 Å². The highest BCUT2D eigenvalue weighted by atomic mass is 32.1. The Morgan fingerprint density at radius 3 is 3.03 bits per heavy atom. The van der Waals surface area contributed by atoms with Crippen LogP contribution in [0.2, 0.25) is 0 Å². The van der Waals surface area contributed by atoms with Gasteiger partial charge in [0.2, 0.25) is 0 Å². The van der Waals surface area contributed by atoms with Gasteiger partial charge in [0.1, 0.15) is 10.4 Å². The first-order valence-electron chi connectivity index (χ1n) is 11.1. The Hall–Kier alpha value is -2.75. The number of aliphatic hydroxyl groups is 1. The van der Waals surface area contributed by atoms with Crippen LogP contribution >= 0.6 is 11.3 Å². The zero-order valence-corrected chi connectivity index (χ0v) is 18.5. The molecule has 2 N–H and O–H groups in total. The van der Waals surface area contributed by atoms with Gasteiger partial charge in [-0.05, 0) is 37.0 Å². The first kappa shape index (κ1) is 19.9. The van der Waals surface area contributed by atoms with E-state index in [2.05, 4.69) is 42.6 Å². The van der Waals surface area contributed by atoms with Crippen molar-refractivity contribution in [3.63, 3.8) is 0 Å². The van der Waals surface area contributed by atoms with Crippen LogP contribution in [0, 0.1) is 5.92 Å². The van der Waals surface area contributed by atoms with Crippen LogP contribution in [0.5, 0.6) is 0 Å². The minimum atomic E-state index is -0.123. The minimum Gasteiger partial charge on any atom is -0.396 e. The van der Waals surface area contributed by atoms with Crippen LogP contribution < -0.4 is 10.5 Å². The molecule has 0 saturated carbocycles. The third-order valence-electron chi connectivity index (χ3n) is 6.68. The first-order chi connectivity index (χ1) is 15.7. The van der Waals surface area contributed by atoms with Crippen molar-refractivity contribution < 1.29 is 9.84 Å². The van der Waals surface area contributed by atoms with Crippen LogP contribution in [0.4, 0.5) is 5.00 Å². The molecule has 0 spiro atoms. The number of fused-ring (bicyclic) bond motifs is 2. The highest BCUT2D eigenvalue weighted by Crippen LogP contribution is 2.43. The molecule has 1 unspecified atom stereocenters. The van der Waals surface area contributed by atoms with Gasteiger partial charge in [-0.1, -0.05) is 6.07 Å². The SMILES string of the molecule is O=c1[nH]cnc2c(-c3ccc4c(c3)ncn4C3CCCOC3)sc(N3CC[C@H](CO)C3)c12. The second kappa shape index (κ2) is 7.99. The monoisotopic (exact) mass is 451 g/mol. The molecule has 0 amide bonds. The Labute approximate surface area is 188 Å². The molecule has 0 aliphatic carbocycles. The molecule has 0 bridgehead atoms. The molecule has 9 heteroatoms. The lowest BCUT2D eigenvalue weighted by molar-refractivity contribution is 0.0605. The number of hydrogen-bond acceptors (Lipinski definition) is 7. The Balaban J connectivity index is 1.44. The summed E-state index contributed by atoms with van der Waals surface area (Å²) in [6.45, 7) is 3.33. The van der Waals surface area contributed by atoms with E-state index in [9.17, 15) is 9.90 Å². The van der Waals surface area contributed by atoms with Gasteiger partial charge in [0.05, 0.1) is 46.7 Å². The largest absolute Gasteiger partial charge is 0.396 e. The van der Waals surface area contributed by atoms with Crippen LogP contribution in [0.15, 0.2) is 35.6 Å². The Kier molecular flexibility index (Phi) is 4.97. The number of aromatic amines is 1. The second-order valence-corrected chi connectivity index (χ2v) is 9.70. The molecule has 32 heavy (non-hydrogen) atoms. The highest BCUT2D eigenvalue weighted by Gasteiger charge is 2.28. The summed E-state index contributed by atoms with van der Waals surface area (Å²) in [5.74, 6) is 0.246. The van der Waals surface area contributed by atoms with Gasteiger partial charge in [-0.2, -0.15) is 0 Å². The fraction of sp³-hybridized carbons (Fsp3) is 0.435. The van der Waals surface area contributed by atoms with E-state index in [1.54, 1.807) is 11.3 Å². The zero-order chi connectivity index (χ0) is 21.7. The number of imidazole rings is 1. The van der Waals surface area contributed by atoms with Crippen molar-refractivity contribution in [2.45, 2.75) is 25.3 Å². The minimum absolute atomic E-state index is 0.123. The van der Waals surface area contributed by atoms with Crippen molar-refractivity contribution in [1.82, 2.24) is 19.5 Å². The number of hydrogen-bond donors (Lipinski definition) is 2. The quantitative estimate of drug-likeness (QED) is 0.495. The van der Waals surface area contributed by atoms with Crippen molar-refractivity contribution in [2.75, 3.05) is 37.8 Å². The van der Waals surface area contributed by atoms with E-state index >= 15 is 0 Å². The van der Waals surface area contributed by atoms with Crippen LogP contribution in [-0.4, -0.2) is 57.5 Å². The molecule has 166 valence electrons. The molecule has 1 aromatic carbocycles. The number of H-pyrrole nitrogens is 1. The predicted octanol–water partition coefficient (Wildman–Crippen LogP) is 3.17. The topological polar surface area (TPSA) is 96.3 Å². The number of benzene rings is 1. The van der Waals surface area contributed by atoms with Gasteiger partial charge < -0.3 is 24.3 Å². The lowest BCUT2D eigenvalue weighted by Gasteiger charge is -2.23. The van der Waals surface area contributed by atoms with E-state index in [-0.39, 0.29) is 18.1 Å². The first-order valence-corrected chi connectivity index (χ1v) is 12.0. The lowest BCUT2D eigenvalue weighted by atomic mass is 10.1. The lowest BCUT2D eigenvalue weighted by Crippen LogP contribution is -2.21. The van der Waals surface area contributed by atoms with Crippen molar-refractivity contribution in [1.29, 1.82) is 0 Å². The molecule has 4 aromatic rings. The maximum atomic E-state index is 12.8. The van der Waals surface area contributed by atoms with Crippen molar-refractivity contribution in [2.24, 2.45) is 5.92 Å². The molecular weight excluding hydrogens is 426 g/mol. The zero-order valence-electron chi connectivity index (χ0n) is 17.7. The number of aromatic nitrogens is 4. The number of ether oxygens (including phenoxy) is 1. The van der Waals surface area contributed by atoms with E-state index in [4.69, 9.17) is 4.74 Å². The molecule has 3 aromatic heterocycles. The maximum Gasteiger partial charge on any atom is 0.261 e. The average molecular weight is 452 g/mol. The summed E-state index contributed by atoms with van der Waals surface area (Å²) in [6.07, 6.45) is 6.48. The van der Waals surface area contributed by atoms with Gasteiger partial charge in [-0.3, -0.25) is 4.79 Å². The number of nitrogens with one attached hydrogen (secondary N) is 1. The summed E-state index contributed by atoms with van der Waals surface area (Å²) in [7, 11) is 0. The number of anilines is 1. The normalized spacial score (nSPS) is 21.7. The van der Waals surface area contributed by atoms with E-state index in [0.717, 1.165) is 77.6 Å². The standard InChI is InChI=1S/C23H25N5O3S/c29-10-14-5-6-27(9-14)23-19-20(24-12-25-22(19)30)21(32-23)15-3-4-18-17(8-15)26-13-28(18)16-2-1-7-31-11-16/h3-4,8,12-14,16,29H,1-2,5-7,9-11H2,(H,24,25,30)/t14-,16?/m0/s1. The number of thiophene rings is 1. The summed E-state index contributed by atoms with van der Waals surface area (Å²) in [6, 6.07) is 6.63. The molecule has 2 fully saturated rings. The summed E-state index contributed by atoms with van der Waals surface area (Å²) in [4.78, 5) is 27.9. The van der Waals surface area contributed by atoms with Crippen LogP contribution in [0.3, 0.4) is 0 Å². The third-order valence-corrected chi connectivity index (χ3v) is 7.97. The fourth-order valence-electron chi connectivity index (χ4n) is 4.96. The van der Waals surface area contributed by atoms with Crippen molar-refractivity contribution >= 4 is 38.3 Å².